The number of benzene rings is 1. The molecule has 0 aromatic heterocycles. The Morgan fingerprint density at radius 3 is 2.55 bits per heavy atom. The summed E-state index contributed by atoms with van der Waals surface area (Å²) in [6.07, 6.45) is 3.20. The van der Waals surface area contributed by atoms with E-state index in [0.717, 1.165) is 39.0 Å². The Morgan fingerprint density at radius 1 is 1.15 bits per heavy atom. The van der Waals surface area contributed by atoms with Crippen molar-refractivity contribution in [1.82, 2.24) is 10.2 Å². The lowest BCUT2D eigenvalue weighted by molar-refractivity contribution is -0.159. The van der Waals surface area contributed by atoms with Crippen LogP contribution in [0.5, 0.6) is 0 Å². The fourth-order valence-electron chi connectivity index (χ4n) is 3.96. The molecule has 20 heavy (non-hydrogen) atoms. The van der Waals surface area contributed by atoms with Crippen LogP contribution >= 0.6 is 0 Å². The summed E-state index contributed by atoms with van der Waals surface area (Å²) in [4.78, 5) is 2.32. The Balaban J connectivity index is 1.89. The van der Waals surface area contributed by atoms with E-state index in [2.05, 4.69) is 47.5 Å². The van der Waals surface area contributed by atoms with E-state index < -0.39 is 5.72 Å². The van der Waals surface area contributed by atoms with Crippen molar-refractivity contribution >= 4 is 0 Å². The van der Waals surface area contributed by atoms with Crippen molar-refractivity contribution in [3.63, 3.8) is 0 Å². The summed E-state index contributed by atoms with van der Waals surface area (Å²) in [6, 6.07) is 10.6. The summed E-state index contributed by atoms with van der Waals surface area (Å²) in [5.74, 6) is 0.854. The maximum atomic E-state index is 11.5. The topological polar surface area (TPSA) is 35.5 Å². The maximum absolute atomic E-state index is 11.5. The van der Waals surface area contributed by atoms with Crippen LogP contribution in [0.3, 0.4) is 0 Å². The average Bonchev–Trinajstić information content (AvgIpc) is 2.49. The molecular formula is C17H26N2O. The van der Waals surface area contributed by atoms with Gasteiger partial charge in [-0.05, 0) is 30.7 Å². The smallest absolute Gasteiger partial charge is 0.125 e. The zero-order valence-electron chi connectivity index (χ0n) is 12.4. The van der Waals surface area contributed by atoms with Gasteiger partial charge in [-0.15, -0.1) is 0 Å². The second-order valence-corrected chi connectivity index (χ2v) is 6.47. The van der Waals surface area contributed by atoms with E-state index in [0.29, 0.717) is 5.92 Å². The number of hydrogen-bond acceptors (Lipinski definition) is 3. The highest BCUT2D eigenvalue weighted by atomic mass is 16.3. The van der Waals surface area contributed by atoms with Gasteiger partial charge in [0.25, 0.3) is 0 Å². The van der Waals surface area contributed by atoms with Crippen LogP contribution in [0.25, 0.3) is 0 Å². The highest BCUT2D eigenvalue weighted by Crippen LogP contribution is 2.45. The van der Waals surface area contributed by atoms with Crippen LogP contribution in [0, 0.1) is 5.92 Å². The van der Waals surface area contributed by atoms with Crippen LogP contribution in [0.15, 0.2) is 30.3 Å². The summed E-state index contributed by atoms with van der Waals surface area (Å²) in [6.45, 7) is 6.14. The average molecular weight is 274 g/mol. The molecule has 2 N–H and O–H groups in total. The van der Waals surface area contributed by atoms with Crippen molar-refractivity contribution < 1.29 is 5.11 Å². The first-order valence-electron chi connectivity index (χ1n) is 7.93. The largest absolute Gasteiger partial charge is 0.375 e. The third-order valence-electron chi connectivity index (χ3n) is 5.02. The van der Waals surface area contributed by atoms with Crippen molar-refractivity contribution in [3.05, 3.63) is 35.9 Å². The Kier molecular flexibility index (Phi) is 4.11. The first kappa shape index (κ1) is 14.1. The number of aliphatic hydroxyl groups is 1. The highest BCUT2D eigenvalue weighted by Gasteiger charge is 2.46. The third kappa shape index (κ3) is 2.62. The van der Waals surface area contributed by atoms with Crippen LogP contribution in [-0.4, -0.2) is 41.9 Å². The summed E-state index contributed by atoms with van der Waals surface area (Å²) >= 11 is 0. The Morgan fingerprint density at radius 2 is 1.85 bits per heavy atom. The van der Waals surface area contributed by atoms with E-state index >= 15 is 0 Å². The molecular weight excluding hydrogens is 248 g/mol. The van der Waals surface area contributed by atoms with Crippen LogP contribution in [-0.2, 0) is 0 Å². The van der Waals surface area contributed by atoms with E-state index in [-0.39, 0.29) is 5.92 Å². The second kappa shape index (κ2) is 5.84. The van der Waals surface area contributed by atoms with Gasteiger partial charge in [0, 0.05) is 32.1 Å². The molecule has 2 fully saturated rings. The Labute approximate surface area is 122 Å². The van der Waals surface area contributed by atoms with Crippen molar-refractivity contribution in [2.24, 2.45) is 5.92 Å². The number of piperazine rings is 1. The Bertz CT molecular complexity index is 430. The molecule has 1 aliphatic heterocycles. The van der Waals surface area contributed by atoms with E-state index in [1.165, 1.54) is 12.0 Å². The van der Waals surface area contributed by atoms with Crippen LogP contribution in [0.2, 0.25) is 0 Å². The molecule has 110 valence electrons. The van der Waals surface area contributed by atoms with Crippen molar-refractivity contribution in [2.75, 3.05) is 26.2 Å². The van der Waals surface area contributed by atoms with Gasteiger partial charge in [0.05, 0.1) is 0 Å². The SMILES string of the molecule is CC1CCC(c2ccccc2)C(O)(N2CCNCC2)C1. The second-order valence-electron chi connectivity index (χ2n) is 6.47. The van der Waals surface area contributed by atoms with Gasteiger partial charge in [-0.25, -0.2) is 0 Å². The van der Waals surface area contributed by atoms with Crippen molar-refractivity contribution in [2.45, 2.75) is 37.8 Å². The third-order valence-corrected chi connectivity index (χ3v) is 5.02. The highest BCUT2D eigenvalue weighted by molar-refractivity contribution is 5.24. The predicted octanol–water partition coefficient (Wildman–Crippen LogP) is 2.18. The molecule has 3 rings (SSSR count). The van der Waals surface area contributed by atoms with E-state index in [1.807, 2.05) is 0 Å². The van der Waals surface area contributed by atoms with E-state index in [4.69, 9.17) is 0 Å². The lowest BCUT2D eigenvalue weighted by Gasteiger charge is -2.50. The van der Waals surface area contributed by atoms with Gasteiger partial charge in [0.1, 0.15) is 5.72 Å². The summed E-state index contributed by atoms with van der Waals surface area (Å²) < 4.78 is 0. The normalized spacial score (nSPS) is 35.9. The summed E-state index contributed by atoms with van der Waals surface area (Å²) in [7, 11) is 0. The standard InChI is InChI=1S/C17H26N2O/c1-14-7-8-16(15-5-3-2-4-6-15)17(20,13-14)19-11-9-18-10-12-19/h2-6,14,16,18,20H,7-13H2,1H3. The molecule has 3 atom stereocenters. The Hall–Kier alpha value is -0.900. The van der Waals surface area contributed by atoms with Crippen molar-refractivity contribution in [3.8, 4) is 0 Å². The molecule has 2 aliphatic rings. The molecule has 0 bridgehead atoms. The molecule has 1 heterocycles. The first-order chi connectivity index (χ1) is 9.70. The number of nitrogens with one attached hydrogen (secondary N) is 1. The predicted molar refractivity (Wildman–Crippen MR) is 81.6 cm³/mol. The molecule has 0 spiro atoms. The fraction of sp³-hybridized carbons (Fsp3) is 0.647. The zero-order valence-corrected chi connectivity index (χ0v) is 12.4. The van der Waals surface area contributed by atoms with Gasteiger partial charge < -0.3 is 10.4 Å². The number of hydrogen-bond donors (Lipinski definition) is 2. The number of rotatable bonds is 2. The number of nitrogens with zero attached hydrogens (tertiary/aromatic N) is 1. The van der Waals surface area contributed by atoms with Gasteiger partial charge in [-0.1, -0.05) is 37.3 Å². The van der Waals surface area contributed by atoms with Crippen LogP contribution < -0.4 is 5.32 Å². The van der Waals surface area contributed by atoms with Crippen LogP contribution in [0.4, 0.5) is 0 Å². The molecule has 1 aliphatic carbocycles. The molecule has 0 radical (unpaired) electrons. The summed E-state index contributed by atoms with van der Waals surface area (Å²) in [5.41, 5.74) is 0.627. The maximum Gasteiger partial charge on any atom is 0.125 e. The minimum absolute atomic E-state index is 0.248. The van der Waals surface area contributed by atoms with Gasteiger partial charge in [0.2, 0.25) is 0 Å². The van der Waals surface area contributed by atoms with Gasteiger partial charge in [-0.2, -0.15) is 0 Å². The minimum atomic E-state index is -0.666. The minimum Gasteiger partial charge on any atom is -0.375 e. The van der Waals surface area contributed by atoms with Crippen molar-refractivity contribution in [1.29, 1.82) is 0 Å². The molecule has 1 aromatic carbocycles. The molecule has 0 amide bonds. The quantitative estimate of drug-likeness (QED) is 0.868. The van der Waals surface area contributed by atoms with Crippen LogP contribution in [0.1, 0.15) is 37.7 Å². The molecule has 1 aromatic rings. The van der Waals surface area contributed by atoms with E-state index in [9.17, 15) is 5.11 Å². The monoisotopic (exact) mass is 274 g/mol. The molecule has 3 unspecified atom stereocenters. The molecule has 1 saturated heterocycles. The fourth-order valence-corrected chi connectivity index (χ4v) is 3.96. The van der Waals surface area contributed by atoms with Gasteiger partial charge in [0.15, 0.2) is 0 Å². The first-order valence-corrected chi connectivity index (χ1v) is 7.93. The zero-order chi connectivity index (χ0) is 14.0. The summed E-state index contributed by atoms with van der Waals surface area (Å²) in [5, 5.41) is 14.9. The van der Waals surface area contributed by atoms with Gasteiger partial charge >= 0.3 is 0 Å². The van der Waals surface area contributed by atoms with E-state index in [1.54, 1.807) is 0 Å². The lowest BCUT2D eigenvalue weighted by Crippen LogP contribution is -2.60. The molecule has 3 nitrogen and oxygen atoms in total. The molecule has 1 saturated carbocycles. The van der Waals surface area contributed by atoms with Gasteiger partial charge in [-0.3, -0.25) is 4.90 Å². The molecule has 3 heteroatoms. The lowest BCUT2D eigenvalue weighted by atomic mass is 9.72.